The number of amides is 1. The van der Waals surface area contributed by atoms with Crippen molar-refractivity contribution in [3.8, 4) is 0 Å². The van der Waals surface area contributed by atoms with Crippen LogP contribution < -0.4 is 10.6 Å². The van der Waals surface area contributed by atoms with Gasteiger partial charge in [-0.3, -0.25) is 4.79 Å². The van der Waals surface area contributed by atoms with E-state index >= 15 is 0 Å². The van der Waals surface area contributed by atoms with Crippen molar-refractivity contribution in [2.45, 2.75) is 32.7 Å². The highest BCUT2D eigenvalue weighted by Gasteiger charge is 2.05. The van der Waals surface area contributed by atoms with Crippen LogP contribution in [0.1, 0.15) is 26.7 Å². The van der Waals surface area contributed by atoms with Crippen LogP contribution in [0.2, 0.25) is 0 Å². The van der Waals surface area contributed by atoms with Crippen LogP contribution in [0.25, 0.3) is 10.9 Å². The molecule has 0 saturated carbocycles. The van der Waals surface area contributed by atoms with Gasteiger partial charge in [0.2, 0.25) is 5.91 Å². The number of anilines is 1. The summed E-state index contributed by atoms with van der Waals surface area (Å²) in [5.41, 5.74) is 0.960. The van der Waals surface area contributed by atoms with Crippen molar-refractivity contribution in [3.05, 3.63) is 36.4 Å². The number of benzene rings is 1. The summed E-state index contributed by atoms with van der Waals surface area (Å²) in [5, 5.41) is 7.25. The molecule has 1 heterocycles. The van der Waals surface area contributed by atoms with Crippen LogP contribution in [0.3, 0.4) is 0 Å². The van der Waals surface area contributed by atoms with Crippen LogP contribution in [0, 0.1) is 0 Å². The van der Waals surface area contributed by atoms with E-state index in [1.807, 2.05) is 43.3 Å². The fourth-order valence-corrected chi connectivity index (χ4v) is 1.92. The quantitative estimate of drug-likeness (QED) is 0.849. The fourth-order valence-electron chi connectivity index (χ4n) is 1.92. The van der Waals surface area contributed by atoms with Crippen molar-refractivity contribution >= 4 is 22.6 Å². The molecule has 1 aromatic carbocycles. The number of aromatic nitrogens is 1. The Hall–Kier alpha value is -2.10. The second-order valence-corrected chi connectivity index (χ2v) is 4.94. The van der Waals surface area contributed by atoms with Gasteiger partial charge < -0.3 is 10.6 Å². The summed E-state index contributed by atoms with van der Waals surface area (Å²) in [6, 6.07) is 12.2. The molecule has 4 nitrogen and oxygen atoms in total. The van der Waals surface area contributed by atoms with Crippen LogP contribution in [-0.2, 0) is 4.79 Å². The molecule has 0 spiro atoms. The fraction of sp³-hybridized carbons (Fsp3) is 0.375. The van der Waals surface area contributed by atoms with Crippen LogP contribution >= 0.6 is 0 Å². The Kier molecular flexibility index (Phi) is 4.93. The second-order valence-electron chi connectivity index (χ2n) is 4.94. The molecule has 2 rings (SSSR count). The van der Waals surface area contributed by atoms with Crippen molar-refractivity contribution < 1.29 is 4.79 Å². The van der Waals surface area contributed by atoms with Gasteiger partial charge in [-0.15, -0.1) is 0 Å². The Labute approximate surface area is 119 Å². The molecule has 1 amide bonds. The number of rotatable bonds is 6. The number of hydrogen-bond donors (Lipinski definition) is 2. The number of fused-ring (bicyclic) bond motifs is 1. The number of hydrogen-bond acceptors (Lipinski definition) is 3. The summed E-state index contributed by atoms with van der Waals surface area (Å²) in [5.74, 6) is 0.882. The largest absolute Gasteiger partial charge is 0.370 e. The maximum atomic E-state index is 11.6. The van der Waals surface area contributed by atoms with E-state index in [-0.39, 0.29) is 11.9 Å². The Morgan fingerprint density at radius 2 is 2.05 bits per heavy atom. The highest BCUT2D eigenvalue weighted by Crippen LogP contribution is 2.14. The van der Waals surface area contributed by atoms with Gasteiger partial charge in [0, 0.05) is 24.4 Å². The molecule has 1 aromatic heterocycles. The molecule has 0 saturated heterocycles. The Morgan fingerprint density at radius 3 is 2.85 bits per heavy atom. The van der Waals surface area contributed by atoms with Gasteiger partial charge in [-0.05, 0) is 31.5 Å². The summed E-state index contributed by atoms with van der Waals surface area (Å²) >= 11 is 0. The molecular weight excluding hydrogens is 250 g/mol. The lowest BCUT2D eigenvalue weighted by Gasteiger charge is -2.11. The van der Waals surface area contributed by atoms with Gasteiger partial charge in [-0.1, -0.05) is 25.1 Å². The first-order valence-corrected chi connectivity index (χ1v) is 7.08. The zero-order valence-electron chi connectivity index (χ0n) is 12.0. The van der Waals surface area contributed by atoms with Gasteiger partial charge >= 0.3 is 0 Å². The van der Waals surface area contributed by atoms with Gasteiger partial charge in [0.15, 0.2) is 0 Å². The van der Waals surface area contributed by atoms with E-state index in [0.29, 0.717) is 13.0 Å². The second kappa shape index (κ2) is 6.89. The minimum Gasteiger partial charge on any atom is -0.370 e. The van der Waals surface area contributed by atoms with Gasteiger partial charge in [0.25, 0.3) is 0 Å². The summed E-state index contributed by atoms with van der Waals surface area (Å²) < 4.78 is 0. The van der Waals surface area contributed by atoms with Gasteiger partial charge in [0.1, 0.15) is 5.82 Å². The first-order chi connectivity index (χ1) is 9.69. The van der Waals surface area contributed by atoms with Crippen molar-refractivity contribution in [2.24, 2.45) is 0 Å². The minimum absolute atomic E-state index is 0.0765. The summed E-state index contributed by atoms with van der Waals surface area (Å²) in [4.78, 5) is 16.1. The van der Waals surface area contributed by atoms with Gasteiger partial charge in [-0.25, -0.2) is 4.98 Å². The van der Waals surface area contributed by atoms with Crippen LogP contribution in [0.5, 0.6) is 0 Å². The minimum atomic E-state index is 0.0765. The summed E-state index contributed by atoms with van der Waals surface area (Å²) in [6.45, 7) is 4.66. The molecule has 2 N–H and O–H groups in total. The van der Waals surface area contributed by atoms with E-state index in [4.69, 9.17) is 0 Å². The molecule has 4 heteroatoms. The molecule has 0 radical (unpaired) electrons. The van der Waals surface area contributed by atoms with Gasteiger partial charge in [-0.2, -0.15) is 0 Å². The first kappa shape index (κ1) is 14.3. The lowest BCUT2D eigenvalue weighted by Crippen LogP contribution is -2.32. The molecule has 0 fully saturated rings. The summed E-state index contributed by atoms with van der Waals surface area (Å²) in [7, 11) is 0. The van der Waals surface area contributed by atoms with E-state index in [1.165, 1.54) is 0 Å². The van der Waals surface area contributed by atoms with Crippen LogP contribution in [0.15, 0.2) is 36.4 Å². The highest BCUT2D eigenvalue weighted by atomic mass is 16.1. The van der Waals surface area contributed by atoms with Crippen LogP contribution in [0.4, 0.5) is 5.82 Å². The topological polar surface area (TPSA) is 54.0 Å². The number of nitrogens with one attached hydrogen (secondary N) is 2. The Bertz CT molecular complexity index is 583. The third-order valence-electron chi connectivity index (χ3n) is 3.28. The molecule has 1 unspecified atom stereocenters. The zero-order chi connectivity index (χ0) is 14.4. The molecule has 20 heavy (non-hydrogen) atoms. The predicted molar refractivity (Wildman–Crippen MR) is 82.7 cm³/mol. The van der Waals surface area contributed by atoms with Crippen molar-refractivity contribution in [2.75, 3.05) is 11.9 Å². The maximum absolute atomic E-state index is 11.6. The van der Waals surface area contributed by atoms with Crippen LogP contribution in [-0.4, -0.2) is 23.5 Å². The van der Waals surface area contributed by atoms with E-state index in [2.05, 4.69) is 22.5 Å². The maximum Gasteiger partial charge on any atom is 0.221 e. The number of carbonyl (C=O) groups excluding carboxylic acids is 1. The third-order valence-corrected chi connectivity index (χ3v) is 3.28. The predicted octanol–water partition coefficient (Wildman–Crippen LogP) is 2.95. The van der Waals surface area contributed by atoms with E-state index in [1.54, 1.807) is 0 Å². The average molecular weight is 271 g/mol. The molecule has 0 aliphatic carbocycles. The number of para-hydroxylation sites is 1. The standard InChI is InChI=1S/C16H21N3O/c1-3-12(2)18-16(20)10-11-17-15-9-8-13-6-4-5-7-14(13)19-15/h4-9,12H,3,10-11H2,1-2H3,(H,17,19)(H,18,20). The lowest BCUT2D eigenvalue weighted by atomic mass is 10.2. The summed E-state index contributed by atoms with van der Waals surface area (Å²) in [6.07, 6.45) is 1.41. The SMILES string of the molecule is CCC(C)NC(=O)CCNc1ccc2ccccc2n1. The molecule has 1 atom stereocenters. The van der Waals surface area contributed by atoms with Crippen molar-refractivity contribution in [3.63, 3.8) is 0 Å². The molecule has 106 valence electrons. The van der Waals surface area contributed by atoms with Crippen molar-refractivity contribution in [1.29, 1.82) is 0 Å². The molecule has 2 aromatic rings. The molecule has 0 aliphatic heterocycles. The zero-order valence-corrected chi connectivity index (χ0v) is 12.0. The first-order valence-electron chi connectivity index (χ1n) is 7.08. The number of carbonyl (C=O) groups is 1. The van der Waals surface area contributed by atoms with Crippen molar-refractivity contribution in [1.82, 2.24) is 10.3 Å². The van der Waals surface area contributed by atoms with Gasteiger partial charge in [0.05, 0.1) is 5.52 Å². The number of nitrogens with zero attached hydrogens (tertiary/aromatic N) is 1. The molecule has 0 aliphatic rings. The Morgan fingerprint density at radius 1 is 1.25 bits per heavy atom. The lowest BCUT2D eigenvalue weighted by molar-refractivity contribution is -0.121. The Balaban J connectivity index is 1.85. The molecular formula is C16H21N3O. The normalized spacial score (nSPS) is 12.1. The average Bonchev–Trinajstić information content (AvgIpc) is 2.47. The molecule has 0 bridgehead atoms. The van der Waals surface area contributed by atoms with E-state index in [9.17, 15) is 4.79 Å². The van der Waals surface area contributed by atoms with E-state index < -0.39 is 0 Å². The third kappa shape index (κ3) is 3.95. The van der Waals surface area contributed by atoms with E-state index in [0.717, 1.165) is 23.1 Å². The number of pyridine rings is 1. The monoisotopic (exact) mass is 271 g/mol. The smallest absolute Gasteiger partial charge is 0.221 e. The highest BCUT2D eigenvalue weighted by molar-refractivity contribution is 5.80.